The predicted molar refractivity (Wildman–Crippen MR) is 60.5 cm³/mol. The van der Waals surface area contributed by atoms with Crippen molar-refractivity contribution in [2.45, 2.75) is 13.8 Å². The van der Waals surface area contributed by atoms with Gasteiger partial charge in [0, 0.05) is 0 Å². The first-order valence-corrected chi connectivity index (χ1v) is 4.53. The molecule has 0 saturated heterocycles. The standard InChI is InChI=1S/C13H13N/c1-4-11-7-6-8-13(10(11)3)12(5-2)9-14/h4-8H,1H2,2-3H3/b12-5+. The van der Waals surface area contributed by atoms with Gasteiger partial charge in [0.15, 0.2) is 0 Å². The van der Waals surface area contributed by atoms with Crippen LogP contribution in [0.25, 0.3) is 11.6 Å². The van der Waals surface area contributed by atoms with Crippen LogP contribution in [-0.4, -0.2) is 0 Å². The van der Waals surface area contributed by atoms with Crippen molar-refractivity contribution >= 4 is 11.6 Å². The fourth-order valence-electron chi connectivity index (χ4n) is 1.45. The van der Waals surface area contributed by atoms with Crippen LogP contribution in [0, 0.1) is 18.3 Å². The topological polar surface area (TPSA) is 23.8 Å². The van der Waals surface area contributed by atoms with E-state index in [1.165, 1.54) is 0 Å². The Morgan fingerprint density at radius 3 is 2.71 bits per heavy atom. The third-order valence-electron chi connectivity index (χ3n) is 2.29. The number of nitrogens with zero attached hydrogens (tertiary/aromatic N) is 1. The zero-order valence-corrected chi connectivity index (χ0v) is 8.54. The molecule has 0 aliphatic heterocycles. The van der Waals surface area contributed by atoms with E-state index in [1.807, 2.05) is 44.2 Å². The fourth-order valence-corrected chi connectivity index (χ4v) is 1.45. The van der Waals surface area contributed by atoms with Gasteiger partial charge < -0.3 is 0 Å². The van der Waals surface area contributed by atoms with Gasteiger partial charge >= 0.3 is 0 Å². The van der Waals surface area contributed by atoms with Crippen LogP contribution in [0.3, 0.4) is 0 Å². The normalized spacial score (nSPS) is 10.8. The molecule has 0 radical (unpaired) electrons. The molecule has 1 aromatic rings. The lowest BCUT2D eigenvalue weighted by molar-refractivity contribution is 1.39. The molecule has 0 heterocycles. The summed E-state index contributed by atoms with van der Waals surface area (Å²) in [7, 11) is 0. The molecular formula is C13H13N. The number of hydrogen-bond donors (Lipinski definition) is 0. The van der Waals surface area contributed by atoms with Gasteiger partial charge in [0.2, 0.25) is 0 Å². The van der Waals surface area contributed by atoms with E-state index in [4.69, 9.17) is 5.26 Å². The van der Waals surface area contributed by atoms with Gasteiger partial charge in [-0.2, -0.15) is 5.26 Å². The number of hydrogen-bond acceptors (Lipinski definition) is 1. The van der Waals surface area contributed by atoms with E-state index in [2.05, 4.69) is 12.6 Å². The quantitative estimate of drug-likeness (QED) is 0.643. The number of rotatable bonds is 2. The first-order valence-electron chi connectivity index (χ1n) is 4.53. The van der Waals surface area contributed by atoms with E-state index in [1.54, 1.807) is 0 Å². The highest BCUT2D eigenvalue weighted by molar-refractivity contribution is 5.80. The van der Waals surface area contributed by atoms with Gasteiger partial charge in [0.05, 0.1) is 11.6 Å². The molecule has 1 heteroatoms. The molecule has 70 valence electrons. The van der Waals surface area contributed by atoms with Crippen LogP contribution in [0.2, 0.25) is 0 Å². The lowest BCUT2D eigenvalue weighted by Crippen LogP contribution is -1.89. The van der Waals surface area contributed by atoms with Crippen LogP contribution in [0.15, 0.2) is 30.9 Å². The Morgan fingerprint density at radius 1 is 1.50 bits per heavy atom. The monoisotopic (exact) mass is 183 g/mol. The third kappa shape index (κ3) is 1.75. The maximum absolute atomic E-state index is 8.92. The molecule has 0 aliphatic carbocycles. The SMILES string of the molecule is C=Cc1cccc(/C(C#N)=C/C)c1C. The Labute approximate surface area is 85.0 Å². The van der Waals surface area contributed by atoms with Crippen LogP contribution in [-0.2, 0) is 0 Å². The molecule has 0 N–H and O–H groups in total. The highest BCUT2D eigenvalue weighted by Crippen LogP contribution is 2.21. The summed E-state index contributed by atoms with van der Waals surface area (Å²) in [6.45, 7) is 7.62. The molecule has 14 heavy (non-hydrogen) atoms. The van der Waals surface area contributed by atoms with Gasteiger partial charge in [-0.05, 0) is 30.5 Å². The van der Waals surface area contributed by atoms with Crippen molar-refractivity contribution < 1.29 is 0 Å². The Balaban J connectivity index is 3.37. The van der Waals surface area contributed by atoms with E-state index >= 15 is 0 Å². The maximum Gasteiger partial charge on any atom is 0.0994 e. The maximum atomic E-state index is 8.92. The average molecular weight is 183 g/mol. The van der Waals surface area contributed by atoms with Crippen LogP contribution in [0.5, 0.6) is 0 Å². The van der Waals surface area contributed by atoms with Crippen molar-refractivity contribution in [2.75, 3.05) is 0 Å². The molecule has 1 rings (SSSR count). The minimum Gasteiger partial charge on any atom is -0.192 e. The zero-order chi connectivity index (χ0) is 10.6. The Bertz CT molecular complexity index is 419. The molecule has 1 aromatic carbocycles. The first kappa shape index (κ1) is 10.3. The van der Waals surface area contributed by atoms with E-state index in [0.29, 0.717) is 5.57 Å². The lowest BCUT2D eigenvalue weighted by Gasteiger charge is -2.06. The second kappa shape index (κ2) is 4.43. The Kier molecular flexibility index (Phi) is 3.25. The predicted octanol–water partition coefficient (Wildman–Crippen LogP) is 3.56. The first-order chi connectivity index (χ1) is 6.74. The molecule has 0 fully saturated rings. The second-order valence-electron chi connectivity index (χ2n) is 3.04. The highest BCUT2D eigenvalue weighted by Gasteiger charge is 2.04. The summed E-state index contributed by atoms with van der Waals surface area (Å²) < 4.78 is 0. The molecule has 0 aromatic heterocycles. The van der Waals surface area contributed by atoms with Crippen molar-refractivity contribution in [3.05, 3.63) is 47.5 Å². The second-order valence-corrected chi connectivity index (χ2v) is 3.04. The molecule has 0 bridgehead atoms. The van der Waals surface area contributed by atoms with Crippen LogP contribution in [0.1, 0.15) is 23.6 Å². The van der Waals surface area contributed by atoms with Gasteiger partial charge in [-0.3, -0.25) is 0 Å². The third-order valence-corrected chi connectivity index (χ3v) is 2.29. The largest absolute Gasteiger partial charge is 0.192 e. The fraction of sp³-hybridized carbons (Fsp3) is 0.154. The molecule has 0 saturated carbocycles. The Hall–Kier alpha value is -1.81. The summed E-state index contributed by atoms with van der Waals surface area (Å²) in [6.07, 6.45) is 3.64. The zero-order valence-electron chi connectivity index (χ0n) is 8.54. The van der Waals surface area contributed by atoms with Gasteiger partial charge in [0.1, 0.15) is 0 Å². The summed E-state index contributed by atoms with van der Waals surface area (Å²) in [5, 5.41) is 8.92. The van der Waals surface area contributed by atoms with Crippen molar-refractivity contribution in [3.8, 4) is 6.07 Å². The smallest absolute Gasteiger partial charge is 0.0994 e. The summed E-state index contributed by atoms with van der Waals surface area (Å²) in [6, 6.07) is 8.09. The molecular weight excluding hydrogens is 170 g/mol. The lowest BCUT2D eigenvalue weighted by atomic mass is 9.97. The minimum absolute atomic E-state index is 0.714. The van der Waals surface area contributed by atoms with E-state index in [0.717, 1.165) is 16.7 Å². The van der Waals surface area contributed by atoms with Crippen LogP contribution >= 0.6 is 0 Å². The molecule has 0 atom stereocenters. The highest BCUT2D eigenvalue weighted by atomic mass is 14.2. The summed E-state index contributed by atoms with van der Waals surface area (Å²) in [5.41, 5.74) is 3.90. The number of benzene rings is 1. The summed E-state index contributed by atoms with van der Waals surface area (Å²) in [5.74, 6) is 0. The molecule has 0 amide bonds. The van der Waals surface area contributed by atoms with Crippen LogP contribution < -0.4 is 0 Å². The van der Waals surface area contributed by atoms with Crippen LogP contribution in [0.4, 0.5) is 0 Å². The van der Waals surface area contributed by atoms with Crippen molar-refractivity contribution in [1.29, 1.82) is 5.26 Å². The molecule has 1 nitrogen and oxygen atoms in total. The van der Waals surface area contributed by atoms with Gasteiger partial charge in [-0.1, -0.05) is 36.9 Å². The van der Waals surface area contributed by atoms with Gasteiger partial charge in [-0.25, -0.2) is 0 Å². The van der Waals surface area contributed by atoms with E-state index in [-0.39, 0.29) is 0 Å². The van der Waals surface area contributed by atoms with E-state index < -0.39 is 0 Å². The van der Waals surface area contributed by atoms with Gasteiger partial charge in [0.25, 0.3) is 0 Å². The molecule has 0 spiro atoms. The van der Waals surface area contributed by atoms with Gasteiger partial charge in [-0.15, -0.1) is 0 Å². The molecule has 0 aliphatic rings. The average Bonchev–Trinajstić information content (AvgIpc) is 2.22. The Morgan fingerprint density at radius 2 is 2.21 bits per heavy atom. The van der Waals surface area contributed by atoms with Crippen molar-refractivity contribution in [3.63, 3.8) is 0 Å². The minimum atomic E-state index is 0.714. The van der Waals surface area contributed by atoms with Crippen molar-refractivity contribution in [1.82, 2.24) is 0 Å². The van der Waals surface area contributed by atoms with E-state index in [9.17, 15) is 0 Å². The number of allylic oxidation sites excluding steroid dienone is 2. The summed E-state index contributed by atoms with van der Waals surface area (Å²) >= 11 is 0. The summed E-state index contributed by atoms with van der Waals surface area (Å²) in [4.78, 5) is 0. The van der Waals surface area contributed by atoms with Crippen molar-refractivity contribution in [2.24, 2.45) is 0 Å². The number of nitriles is 1. The molecule has 0 unspecified atom stereocenters.